The van der Waals surface area contributed by atoms with Gasteiger partial charge in [-0.15, -0.1) is 0 Å². The number of amides is 1. The second-order valence-corrected chi connectivity index (χ2v) is 11.0. The number of rotatable bonds is 3. The number of carbonyl (C=O) groups is 1. The van der Waals surface area contributed by atoms with E-state index in [0.29, 0.717) is 22.9 Å². The van der Waals surface area contributed by atoms with Crippen LogP contribution >= 0.6 is 23.2 Å². The summed E-state index contributed by atoms with van der Waals surface area (Å²) in [6, 6.07) is 11.5. The summed E-state index contributed by atoms with van der Waals surface area (Å²) in [5.41, 5.74) is 1.98. The lowest BCUT2D eigenvalue weighted by molar-refractivity contribution is -0.196. The fourth-order valence-electron chi connectivity index (χ4n) is 7.23. The normalized spacial score (nSPS) is 33.9. The van der Waals surface area contributed by atoms with E-state index in [2.05, 4.69) is 24.1 Å². The van der Waals surface area contributed by atoms with Crippen molar-refractivity contribution >= 4 is 29.1 Å². The molecular weight excluding hydrogens is 459 g/mol. The van der Waals surface area contributed by atoms with Gasteiger partial charge in [0.2, 0.25) is 5.91 Å². The Hall–Kier alpha value is -1.79. The maximum absolute atomic E-state index is 13.4. The van der Waals surface area contributed by atoms with E-state index in [0.717, 1.165) is 30.7 Å². The number of benzene rings is 2. The van der Waals surface area contributed by atoms with E-state index in [4.69, 9.17) is 27.9 Å². The third-order valence-corrected chi connectivity index (χ3v) is 9.57. The molecule has 2 aliphatic carbocycles. The summed E-state index contributed by atoms with van der Waals surface area (Å²) < 4.78 is 6.64. The molecule has 2 aliphatic heterocycles. The van der Waals surface area contributed by atoms with Crippen LogP contribution in [0.15, 0.2) is 36.4 Å². The molecule has 1 amide bonds. The van der Waals surface area contributed by atoms with Gasteiger partial charge in [-0.2, -0.15) is 0 Å². The molecule has 174 valence electrons. The van der Waals surface area contributed by atoms with Gasteiger partial charge in [0.15, 0.2) is 0 Å². The molecule has 0 unspecified atom stereocenters. The predicted molar refractivity (Wildman–Crippen MR) is 128 cm³/mol. The summed E-state index contributed by atoms with van der Waals surface area (Å²) in [6.45, 7) is 0.911. The van der Waals surface area contributed by atoms with Crippen molar-refractivity contribution in [2.45, 2.75) is 61.3 Å². The summed E-state index contributed by atoms with van der Waals surface area (Å²) in [4.78, 5) is 17.5. The van der Waals surface area contributed by atoms with Gasteiger partial charge >= 0.3 is 0 Å². The molecule has 7 heteroatoms. The first-order chi connectivity index (χ1) is 15.8. The van der Waals surface area contributed by atoms with E-state index < -0.39 is 11.0 Å². The quantitative estimate of drug-likeness (QED) is 0.715. The Kier molecular flexibility index (Phi) is 4.84. The molecular formula is C26H28Cl2N2O3. The first-order valence-corrected chi connectivity index (χ1v) is 12.4. The van der Waals surface area contributed by atoms with Crippen molar-refractivity contribution in [3.8, 4) is 5.75 Å². The number of halogens is 2. The zero-order chi connectivity index (χ0) is 23.1. The average molecular weight is 487 g/mol. The first-order valence-electron chi connectivity index (χ1n) is 11.7. The molecule has 1 saturated carbocycles. The van der Waals surface area contributed by atoms with Gasteiger partial charge in [-0.3, -0.25) is 4.79 Å². The van der Waals surface area contributed by atoms with Crippen LogP contribution in [0.2, 0.25) is 10.0 Å². The standard InChI is InChI=1S/C26H28Cl2N2O3/c1-29-11-10-25-23-16-4-3-5-20(23)33-24(25)19(8-9-26(25,32)21(29)14-16)30(2)22(31)13-15-6-7-17(27)18(28)12-15/h3-7,12,19,21,24,32H,8-11,13-14H2,1-2H3/t19-,21-,24+,25+,26-/m1/s1. The molecule has 33 heavy (non-hydrogen) atoms. The Balaban J connectivity index is 1.36. The smallest absolute Gasteiger partial charge is 0.227 e. The zero-order valence-electron chi connectivity index (χ0n) is 18.9. The Morgan fingerprint density at radius 3 is 2.85 bits per heavy atom. The van der Waals surface area contributed by atoms with Crippen molar-refractivity contribution < 1.29 is 14.6 Å². The lowest BCUT2D eigenvalue weighted by Gasteiger charge is -2.64. The van der Waals surface area contributed by atoms with Crippen LogP contribution in [0.3, 0.4) is 0 Å². The molecule has 1 N–H and O–H groups in total. The zero-order valence-corrected chi connectivity index (χ0v) is 20.4. The Morgan fingerprint density at radius 2 is 2.06 bits per heavy atom. The van der Waals surface area contributed by atoms with Crippen LogP contribution in [0.5, 0.6) is 5.75 Å². The number of carbonyl (C=O) groups excluding carboxylic acids is 1. The molecule has 5 nitrogen and oxygen atoms in total. The largest absolute Gasteiger partial charge is 0.487 e. The number of hydrogen-bond donors (Lipinski definition) is 1. The van der Waals surface area contributed by atoms with Gasteiger partial charge in [0.25, 0.3) is 0 Å². The number of nitrogens with zero attached hydrogens (tertiary/aromatic N) is 2. The van der Waals surface area contributed by atoms with Crippen LogP contribution in [0.4, 0.5) is 0 Å². The summed E-state index contributed by atoms with van der Waals surface area (Å²) in [5.74, 6) is 0.899. The highest BCUT2D eigenvalue weighted by molar-refractivity contribution is 6.42. The second-order valence-electron chi connectivity index (χ2n) is 10.2. The SMILES string of the molecule is CN1CC[C@]23c4c5cccc4O[C@H]2[C@H](N(C)C(=O)Cc2ccc(Cl)c(Cl)c2)CC[C@@]3(O)[C@H]1C5. The fourth-order valence-corrected chi connectivity index (χ4v) is 7.55. The van der Waals surface area contributed by atoms with Crippen molar-refractivity contribution in [3.63, 3.8) is 0 Å². The molecule has 6 rings (SSSR count). The van der Waals surface area contributed by atoms with Crippen molar-refractivity contribution in [1.82, 2.24) is 9.80 Å². The molecule has 2 heterocycles. The topological polar surface area (TPSA) is 53.0 Å². The molecule has 2 bridgehead atoms. The highest BCUT2D eigenvalue weighted by atomic mass is 35.5. The van der Waals surface area contributed by atoms with Gasteiger partial charge < -0.3 is 19.6 Å². The van der Waals surface area contributed by atoms with E-state index in [-0.39, 0.29) is 30.5 Å². The number of likely N-dealkylation sites (tertiary alicyclic amines) is 1. The number of aliphatic hydroxyl groups is 1. The Bertz CT molecular complexity index is 1160. The van der Waals surface area contributed by atoms with Crippen LogP contribution in [-0.4, -0.2) is 65.2 Å². The summed E-state index contributed by atoms with van der Waals surface area (Å²) in [6.07, 6.45) is 3.02. The lowest BCUT2D eigenvalue weighted by Crippen LogP contribution is -2.77. The van der Waals surface area contributed by atoms with E-state index >= 15 is 0 Å². The summed E-state index contributed by atoms with van der Waals surface area (Å²) in [5, 5.41) is 13.2. The van der Waals surface area contributed by atoms with Gasteiger partial charge in [0.05, 0.1) is 33.5 Å². The number of piperidine rings is 1. The van der Waals surface area contributed by atoms with E-state index in [9.17, 15) is 9.90 Å². The first kappa shape index (κ1) is 21.7. The van der Waals surface area contributed by atoms with Gasteiger partial charge in [-0.1, -0.05) is 41.4 Å². The highest BCUT2D eigenvalue weighted by Gasteiger charge is 2.72. The second kappa shape index (κ2) is 7.35. The lowest BCUT2D eigenvalue weighted by atomic mass is 9.48. The molecule has 2 aromatic rings. The minimum Gasteiger partial charge on any atom is -0.487 e. The maximum atomic E-state index is 13.4. The van der Waals surface area contributed by atoms with Gasteiger partial charge in [0.1, 0.15) is 11.9 Å². The summed E-state index contributed by atoms with van der Waals surface area (Å²) >= 11 is 12.2. The third kappa shape index (κ3) is 2.83. The fraction of sp³-hybridized carbons (Fsp3) is 0.500. The number of hydrogen-bond acceptors (Lipinski definition) is 4. The van der Waals surface area contributed by atoms with Crippen LogP contribution in [-0.2, 0) is 23.1 Å². The molecule has 1 saturated heterocycles. The van der Waals surface area contributed by atoms with Gasteiger partial charge in [-0.25, -0.2) is 0 Å². The van der Waals surface area contributed by atoms with Crippen LogP contribution in [0.25, 0.3) is 0 Å². The Labute approximate surface area is 204 Å². The van der Waals surface area contributed by atoms with Crippen molar-refractivity contribution in [2.75, 3.05) is 20.6 Å². The number of ether oxygens (including phenoxy) is 1. The number of likely N-dealkylation sites (N-methyl/N-ethyl adjacent to an activating group) is 2. The molecule has 0 radical (unpaired) electrons. The maximum Gasteiger partial charge on any atom is 0.227 e. The average Bonchev–Trinajstić information content (AvgIpc) is 3.13. The van der Waals surface area contributed by atoms with E-state index in [1.165, 1.54) is 11.1 Å². The third-order valence-electron chi connectivity index (χ3n) is 8.83. The van der Waals surface area contributed by atoms with Crippen molar-refractivity contribution in [2.24, 2.45) is 0 Å². The van der Waals surface area contributed by atoms with Gasteiger partial charge in [0, 0.05) is 18.7 Å². The monoisotopic (exact) mass is 486 g/mol. The van der Waals surface area contributed by atoms with Crippen molar-refractivity contribution in [3.05, 3.63) is 63.1 Å². The molecule has 0 aromatic heterocycles. The van der Waals surface area contributed by atoms with Gasteiger partial charge in [-0.05, 0) is 68.6 Å². The molecule has 5 atom stereocenters. The molecule has 2 aromatic carbocycles. The minimum absolute atomic E-state index is 0.0142. The van der Waals surface area contributed by atoms with Crippen LogP contribution in [0.1, 0.15) is 36.0 Å². The minimum atomic E-state index is -0.853. The predicted octanol–water partition coefficient (Wildman–Crippen LogP) is 3.85. The molecule has 2 fully saturated rings. The Morgan fingerprint density at radius 1 is 1.24 bits per heavy atom. The highest BCUT2D eigenvalue weighted by Crippen LogP contribution is 2.64. The van der Waals surface area contributed by atoms with E-state index in [1.807, 2.05) is 24.1 Å². The van der Waals surface area contributed by atoms with E-state index in [1.54, 1.807) is 12.1 Å². The van der Waals surface area contributed by atoms with Crippen molar-refractivity contribution in [1.29, 1.82) is 0 Å². The van der Waals surface area contributed by atoms with Crippen LogP contribution in [0, 0.1) is 0 Å². The molecule has 4 aliphatic rings. The summed E-state index contributed by atoms with van der Waals surface area (Å²) in [7, 11) is 3.99. The molecule has 1 spiro atoms. The van der Waals surface area contributed by atoms with Crippen LogP contribution < -0.4 is 4.74 Å².